The van der Waals surface area contributed by atoms with Crippen LogP contribution in [-0.2, 0) is 11.2 Å². The lowest BCUT2D eigenvalue weighted by Crippen LogP contribution is -2.14. The molecule has 0 unspecified atom stereocenters. The van der Waals surface area contributed by atoms with Gasteiger partial charge in [-0.25, -0.2) is 9.37 Å². The number of imidazole rings is 1. The fourth-order valence-electron chi connectivity index (χ4n) is 3.11. The van der Waals surface area contributed by atoms with Crippen molar-refractivity contribution in [3.8, 4) is 5.69 Å². The van der Waals surface area contributed by atoms with Crippen molar-refractivity contribution in [2.45, 2.75) is 12.8 Å². The summed E-state index contributed by atoms with van der Waals surface area (Å²) in [5.74, 6) is 0.111. The number of halogens is 1. The molecule has 1 amide bonds. The largest absolute Gasteiger partial charge is 0.324 e. The zero-order chi connectivity index (χ0) is 18.6. The third-order valence-electron chi connectivity index (χ3n) is 4.37. The molecule has 0 saturated heterocycles. The number of nitrogens with zero attached hydrogens (tertiary/aromatic N) is 2. The Kier molecular flexibility index (Phi) is 4.66. The third-order valence-corrected chi connectivity index (χ3v) is 4.37. The summed E-state index contributed by atoms with van der Waals surface area (Å²) in [6.45, 7) is 0. The number of carbonyl (C=O) groups excluding carboxylic acids is 1. The highest BCUT2D eigenvalue weighted by Gasteiger charge is 2.14. The molecule has 0 aliphatic carbocycles. The van der Waals surface area contributed by atoms with Crippen molar-refractivity contribution >= 4 is 22.6 Å². The second kappa shape index (κ2) is 7.41. The van der Waals surface area contributed by atoms with Crippen LogP contribution in [0.4, 0.5) is 10.1 Å². The van der Waals surface area contributed by atoms with E-state index < -0.39 is 5.82 Å². The van der Waals surface area contributed by atoms with Crippen LogP contribution < -0.4 is 5.32 Å². The molecule has 0 spiro atoms. The molecule has 0 fully saturated rings. The lowest BCUT2D eigenvalue weighted by atomic mass is 10.2. The second-order valence-electron chi connectivity index (χ2n) is 6.22. The molecule has 0 atom stereocenters. The Morgan fingerprint density at radius 3 is 2.44 bits per heavy atom. The van der Waals surface area contributed by atoms with Crippen molar-refractivity contribution < 1.29 is 9.18 Å². The third kappa shape index (κ3) is 3.58. The predicted molar refractivity (Wildman–Crippen MR) is 104 cm³/mol. The fourth-order valence-corrected chi connectivity index (χ4v) is 3.11. The first-order valence-electron chi connectivity index (χ1n) is 8.78. The van der Waals surface area contributed by atoms with Gasteiger partial charge < -0.3 is 5.32 Å². The van der Waals surface area contributed by atoms with Crippen LogP contribution in [0.2, 0.25) is 0 Å². The average molecular weight is 359 g/mol. The molecule has 5 heteroatoms. The Morgan fingerprint density at radius 2 is 1.63 bits per heavy atom. The number of fused-ring (bicyclic) bond motifs is 1. The van der Waals surface area contributed by atoms with Gasteiger partial charge in [0.2, 0.25) is 5.91 Å². The van der Waals surface area contributed by atoms with Gasteiger partial charge in [-0.3, -0.25) is 9.36 Å². The topological polar surface area (TPSA) is 46.9 Å². The molecule has 0 radical (unpaired) electrons. The van der Waals surface area contributed by atoms with E-state index in [4.69, 9.17) is 4.98 Å². The molecule has 1 N–H and O–H groups in total. The lowest BCUT2D eigenvalue weighted by molar-refractivity contribution is -0.116. The molecule has 27 heavy (non-hydrogen) atoms. The highest BCUT2D eigenvalue weighted by Crippen LogP contribution is 2.22. The van der Waals surface area contributed by atoms with Gasteiger partial charge in [-0.05, 0) is 36.4 Å². The molecular formula is C22H18FN3O. The number of benzene rings is 3. The maximum atomic E-state index is 13.7. The van der Waals surface area contributed by atoms with Crippen LogP contribution in [0.15, 0.2) is 78.9 Å². The van der Waals surface area contributed by atoms with E-state index in [9.17, 15) is 9.18 Å². The van der Waals surface area contributed by atoms with E-state index in [1.165, 1.54) is 6.07 Å². The number of hydrogen-bond donors (Lipinski definition) is 1. The van der Waals surface area contributed by atoms with Crippen molar-refractivity contribution in [3.63, 3.8) is 0 Å². The van der Waals surface area contributed by atoms with Crippen LogP contribution >= 0.6 is 0 Å². The minimum absolute atomic E-state index is 0.194. The van der Waals surface area contributed by atoms with Gasteiger partial charge in [-0.15, -0.1) is 0 Å². The Hall–Kier alpha value is -3.47. The van der Waals surface area contributed by atoms with Crippen molar-refractivity contribution in [1.82, 2.24) is 9.55 Å². The molecule has 0 aliphatic rings. The molecule has 0 bridgehead atoms. The molecule has 1 heterocycles. The van der Waals surface area contributed by atoms with Crippen molar-refractivity contribution in [2.24, 2.45) is 0 Å². The summed E-state index contributed by atoms with van der Waals surface area (Å²) in [6, 6.07) is 24.0. The van der Waals surface area contributed by atoms with Gasteiger partial charge in [-0.2, -0.15) is 0 Å². The quantitative estimate of drug-likeness (QED) is 0.560. The van der Waals surface area contributed by atoms with Crippen LogP contribution in [0.25, 0.3) is 16.7 Å². The Bertz CT molecular complexity index is 1090. The molecule has 1 aromatic heterocycles. The van der Waals surface area contributed by atoms with Crippen molar-refractivity contribution in [2.75, 3.05) is 5.32 Å². The van der Waals surface area contributed by atoms with Crippen LogP contribution in [0.3, 0.4) is 0 Å². The summed E-state index contributed by atoms with van der Waals surface area (Å²) in [5, 5.41) is 2.62. The molecule has 4 rings (SSSR count). The van der Waals surface area contributed by atoms with E-state index in [0.29, 0.717) is 6.42 Å². The number of hydrogen-bond acceptors (Lipinski definition) is 2. The summed E-state index contributed by atoms with van der Waals surface area (Å²) in [7, 11) is 0. The molecule has 4 aromatic rings. The van der Waals surface area contributed by atoms with Gasteiger partial charge in [0.15, 0.2) is 0 Å². The standard InChI is InChI=1S/C22H18FN3O/c23-17-10-4-5-11-18(17)25-22(27)15-14-21-24-19-12-6-7-13-20(19)26(21)16-8-2-1-3-9-16/h1-13H,14-15H2,(H,25,27). The second-order valence-corrected chi connectivity index (χ2v) is 6.22. The summed E-state index contributed by atoms with van der Waals surface area (Å²) in [5.41, 5.74) is 3.06. The number of para-hydroxylation sites is 4. The average Bonchev–Trinajstić information content (AvgIpc) is 3.07. The summed E-state index contributed by atoms with van der Waals surface area (Å²) in [4.78, 5) is 17.0. The van der Waals surface area contributed by atoms with Crippen LogP contribution in [0, 0.1) is 5.82 Å². The molecule has 4 nitrogen and oxygen atoms in total. The number of aromatic nitrogens is 2. The van der Waals surface area contributed by atoms with Crippen LogP contribution in [0.1, 0.15) is 12.2 Å². The van der Waals surface area contributed by atoms with E-state index in [1.54, 1.807) is 18.2 Å². The van der Waals surface area contributed by atoms with Gasteiger partial charge in [0, 0.05) is 18.5 Å². The molecule has 134 valence electrons. The first kappa shape index (κ1) is 17.0. The smallest absolute Gasteiger partial charge is 0.224 e. The zero-order valence-corrected chi connectivity index (χ0v) is 14.6. The summed E-state index contributed by atoms with van der Waals surface area (Å²) >= 11 is 0. The van der Waals surface area contributed by atoms with E-state index >= 15 is 0 Å². The molecular weight excluding hydrogens is 341 g/mol. The molecule has 3 aromatic carbocycles. The van der Waals surface area contributed by atoms with Crippen molar-refractivity contribution in [3.05, 3.63) is 90.5 Å². The van der Waals surface area contributed by atoms with Crippen LogP contribution in [0.5, 0.6) is 0 Å². The van der Waals surface area contributed by atoms with E-state index in [2.05, 4.69) is 9.88 Å². The molecule has 0 saturated carbocycles. The maximum Gasteiger partial charge on any atom is 0.224 e. The first-order valence-corrected chi connectivity index (χ1v) is 8.78. The highest BCUT2D eigenvalue weighted by molar-refractivity contribution is 5.91. The number of carbonyl (C=O) groups is 1. The minimum Gasteiger partial charge on any atom is -0.324 e. The normalized spacial score (nSPS) is 10.9. The fraction of sp³-hybridized carbons (Fsp3) is 0.0909. The van der Waals surface area contributed by atoms with Gasteiger partial charge in [0.1, 0.15) is 11.6 Å². The van der Waals surface area contributed by atoms with Gasteiger partial charge in [0.05, 0.1) is 16.7 Å². The monoisotopic (exact) mass is 359 g/mol. The first-order chi connectivity index (χ1) is 13.2. The number of aryl methyl sites for hydroxylation is 1. The number of amides is 1. The SMILES string of the molecule is O=C(CCc1nc2ccccc2n1-c1ccccc1)Nc1ccccc1F. The molecule has 0 aliphatic heterocycles. The highest BCUT2D eigenvalue weighted by atomic mass is 19.1. The minimum atomic E-state index is -0.442. The van der Waals surface area contributed by atoms with Crippen molar-refractivity contribution in [1.29, 1.82) is 0 Å². The summed E-state index contributed by atoms with van der Waals surface area (Å²) < 4.78 is 15.8. The van der Waals surface area contributed by atoms with E-state index in [1.807, 2.05) is 54.6 Å². The Morgan fingerprint density at radius 1 is 0.926 bits per heavy atom. The number of anilines is 1. The Balaban J connectivity index is 1.59. The lowest BCUT2D eigenvalue weighted by Gasteiger charge is -2.10. The van der Waals surface area contributed by atoms with E-state index in [0.717, 1.165) is 22.5 Å². The van der Waals surface area contributed by atoms with Gasteiger partial charge in [0.25, 0.3) is 0 Å². The van der Waals surface area contributed by atoms with Crippen LogP contribution in [-0.4, -0.2) is 15.5 Å². The van der Waals surface area contributed by atoms with Gasteiger partial charge in [-0.1, -0.05) is 42.5 Å². The number of rotatable bonds is 5. The van der Waals surface area contributed by atoms with E-state index in [-0.39, 0.29) is 18.0 Å². The maximum absolute atomic E-state index is 13.7. The predicted octanol–water partition coefficient (Wildman–Crippen LogP) is 4.74. The summed E-state index contributed by atoms with van der Waals surface area (Å²) in [6.07, 6.45) is 0.661. The van der Waals surface area contributed by atoms with Gasteiger partial charge >= 0.3 is 0 Å². The Labute approximate surface area is 156 Å². The zero-order valence-electron chi connectivity index (χ0n) is 14.6. The number of nitrogens with one attached hydrogen (secondary N) is 1.